The molecular formula is C16H24ClNO3. The van der Waals surface area contributed by atoms with Crippen LogP contribution >= 0.6 is 11.6 Å². The van der Waals surface area contributed by atoms with Gasteiger partial charge in [0.15, 0.2) is 0 Å². The maximum Gasteiger partial charge on any atom is 0.243 e. The minimum absolute atomic E-state index is 0.0875. The highest BCUT2D eigenvalue weighted by atomic mass is 35.5. The number of anilines is 1. The lowest BCUT2D eigenvalue weighted by Crippen LogP contribution is -2.34. The first kappa shape index (κ1) is 17.8. The van der Waals surface area contributed by atoms with Gasteiger partial charge in [0, 0.05) is 7.11 Å². The minimum atomic E-state index is -0.195. The molecule has 0 N–H and O–H groups in total. The van der Waals surface area contributed by atoms with Crippen molar-refractivity contribution < 1.29 is 14.3 Å². The molecule has 5 heteroatoms. The van der Waals surface area contributed by atoms with Crippen LogP contribution in [0.3, 0.4) is 0 Å². The van der Waals surface area contributed by atoms with Crippen LogP contribution in [0.2, 0.25) is 0 Å². The summed E-state index contributed by atoms with van der Waals surface area (Å²) in [6.07, 6.45) is 2.84. The maximum absolute atomic E-state index is 12.1. The van der Waals surface area contributed by atoms with Gasteiger partial charge in [-0.25, -0.2) is 0 Å². The molecule has 0 unspecified atom stereocenters. The largest absolute Gasteiger partial charge is 0.491 e. The molecule has 0 radical (unpaired) electrons. The number of methoxy groups -OCH3 is 1. The van der Waals surface area contributed by atoms with E-state index in [1.54, 1.807) is 12.0 Å². The molecule has 118 valence electrons. The fraction of sp³-hybridized carbons (Fsp3) is 0.562. The number of para-hydroxylation sites is 1. The van der Waals surface area contributed by atoms with Crippen molar-refractivity contribution in [3.63, 3.8) is 0 Å². The third-order valence-electron chi connectivity index (χ3n) is 3.16. The summed E-state index contributed by atoms with van der Waals surface area (Å²) in [5.74, 6) is 0.425. The second kappa shape index (κ2) is 9.64. The monoisotopic (exact) mass is 313 g/mol. The van der Waals surface area contributed by atoms with E-state index in [1.165, 1.54) is 0 Å². The van der Waals surface area contributed by atoms with Crippen LogP contribution < -0.4 is 9.64 Å². The minimum Gasteiger partial charge on any atom is -0.491 e. The number of halogens is 1. The van der Waals surface area contributed by atoms with Gasteiger partial charge in [0.25, 0.3) is 0 Å². The van der Waals surface area contributed by atoms with Gasteiger partial charge in [0.2, 0.25) is 5.91 Å². The predicted molar refractivity (Wildman–Crippen MR) is 86.3 cm³/mol. The highest BCUT2D eigenvalue weighted by Gasteiger charge is 2.21. The quantitative estimate of drug-likeness (QED) is 0.397. The Bertz CT molecular complexity index is 451. The Morgan fingerprint density at radius 3 is 2.67 bits per heavy atom. The summed E-state index contributed by atoms with van der Waals surface area (Å²) in [6, 6.07) is 5.82. The average Bonchev–Trinajstić information content (AvgIpc) is 2.52. The van der Waals surface area contributed by atoms with Crippen LogP contribution in [0.25, 0.3) is 0 Å². The van der Waals surface area contributed by atoms with Crippen molar-refractivity contribution in [3.8, 4) is 5.75 Å². The van der Waals surface area contributed by atoms with Crippen molar-refractivity contribution >= 4 is 23.2 Å². The lowest BCUT2D eigenvalue weighted by atomic mass is 10.1. The number of hydrogen-bond donors (Lipinski definition) is 0. The summed E-state index contributed by atoms with van der Waals surface area (Å²) in [5, 5.41) is 0. The van der Waals surface area contributed by atoms with Gasteiger partial charge >= 0.3 is 0 Å². The van der Waals surface area contributed by atoms with Crippen LogP contribution in [0.4, 0.5) is 5.69 Å². The number of hydrogen-bond acceptors (Lipinski definition) is 3. The van der Waals surface area contributed by atoms with Crippen LogP contribution in [0, 0.1) is 0 Å². The van der Waals surface area contributed by atoms with E-state index in [4.69, 9.17) is 21.1 Å². The molecule has 0 atom stereocenters. The first-order valence-corrected chi connectivity index (χ1v) is 7.82. The van der Waals surface area contributed by atoms with E-state index in [9.17, 15) is 4.79 Å². The zero-order chi connectivity index (χ0) is 15.7. The second-order valence-corrected chi connectivity index (χ2v) is 4.96. The van der Waals surface area contributed by atoms with Gasteiger partial charge in [-0.3, -0.25) is 9.69 Å². The lowest BCUT2D eigenvalue weighted by Gasteiger charge is -2.26. The van der Waals surface area contributed by atoms with Gasteiger partial charge < -0.3 is 9.47 Å². The Kier molecular flexibility index (Phi) is 8.16. The number of aryl methyl sites for hydroxylation is 1. The predicted octanol–water partition coefficient (Wildman–Crippen LogP) is 3.60. The number of unbranched alkanes of at least 4 members (excludes halogenated alkanes) is 1. The molecule has 0 aliphatic heterocycles. The Balaban J connectivity index is 3.16. The molecule has 0 spiro atoms. The summed E-state index contributed by atoms with van der Waals surface area (Å²) in [7, 11) is 1.56. The number of carbonyl (C=O) groups excluding carboxylic acids is 1. The molecule has 0 bridgehead atoms. The van der Waals surface area contributed by atoms with Crippen molar-refractivity contribution in [1.82, 2.24) is 0 Å². The smallest absolute Gasteiger partial charge is 0.243 e. The van der Waals surface area contributed by atoms with E-state index in [2.05, 4.69) is 6.92 Å². The van der Waals surface area contributed by atoms with Crippen LogP contribution in [-0.2, 0) is 16.0 Å². The number of benzene rings is 1. The molecule has 0 fully saturated rings. The Hall–Kier alpha value is -1.26. The molecule has 1 rings (SSSR count). The van der Waals surface area contributed by atoms with Crippen molar-refractivity contribution in [3.05, 3.63) is 23.8 Å². The number of nitrogens with zero attached hydrogens (tertiary/aromatic N) is 1. The standard InChI is InChI=1S/C16H24ClNO3/c1-4-6-10-21-14-9-7-8-13(5-2)16(14)18(12-20-3)15(19)11-17/h7-9H,4-6,10-12H2,1-3H3. The van der Waals surface area contributed by atoms with Crippen molar-refractivity contribution in [2.75, 3.05) is 31.2 Å². The maximum atomic E-state index is 12.1. The van der Waals surface area contributed by atoms with Gasteiger partial charge in [-0.15, -0.1) is 11.6 Å². The molecule has 4 nitrogen and oxygen atoms in total. The Morgan fingerprint density at radius 2 is 2.10 bits per heavy atom. The molecule has 0 aliphatic rings. The average molecular weight is 314 g/mol. The van der Waals surface area contributed by atoms with Crippen LogP contribution in [0.15, 0.2) is 18.2 Å². The fourth-order valence-electron chi connectivity index (χ4n) is 2.06. The first-order chi connectivity index (χ1) is 10.2. The molecule has 0 heterocycles. The topological polar surface area (TPSA) is 38.8 Å². The van der Waals surface area contributed by atoms with Gasteiger partial charge in [-0.1, -0.05) is 32.4 Å². The Morgan fingerprint density at radius 1 is 1.33 bits per heavy atom. The normalized spacial score (nSPS) is 10.5. The number of alkyl halides is 1. The van der Waals surface area contributed by atoms with Crippen LogP contribution in [0.1, 0.15) is 32.3 Å². The number of carbonyl (C=O) groups is 1. The van der Waals surface area contributed by atoms with Gasteiger partial charge in [0.1, 0.15) is 18.4 Å². The van der Waals surface area contributed by atoms with Crippen molar-refractivity contribution in [2.24, 2.45) is 0 Å². The molecule has 0 saturated heterocycles. The van der Waals surface area contributed by atoms with E-state index in [-0.39, 0.29) is 18.5 Å². The van der Waals surface area contributed by atoms with E-state index < -0.39 is 0 Å². The SMILES string of the molecule is CCCCOc1cccc(CC)c1N(COC)C(=O)CCl. The van der Waals surface area contributed by atoms with Crippen LogP contribution in [0.5, 0.6) is 5.75 Å². The zero-order valence-corrected chi connectivity index (χ0v) is 13.8. The van der Waals surface area contributed by atoms with E-state index >= 15 is 0 Å². The molecule has 0 saturated carbocycles. The first-order valence-electron chi connectivity index (χ1n) is 7.29. The van der Waals surface area contributed by atoms with Crippen LogP contribution in [-0.4, -0.2) is 32.2 Å². The lowest BCUT2D eigenvalue weighted by molar-refractivity contribution is -0.117. The summed E-state index contributed by atoms with van der Waals surface area (Å²) < 4.78 is 11.0. The molecule has 1 aromatic carbocycles. The third-order valence-corrected chi connectivity index (χ3v) is 3.39. The highest BCUT2D eigenvalue weighted by Crippen LogP contribution is 2.33. The molecule has 1 aromatic rings. The zero-order valence-electron chi connectivity index (χ0n) is 13.0. The van der Waals surface area contributed by atoms with E-state index in [1.807, 2.05) is 25.1 Å². The molecular weight excluding hydrogens is 290 g/mol. The molecule has 0 aliphatic carbocycles. The van der Waals surface area contributed by atoms with Gasteiger partial charge in [-0.2, -0.15) is 0 Å². The summed E-state index contributed by atoms with van der Waals surface area (Å²) in [4.78, 5) is 13.7. The highest BCUT2D eigenvalue weighted by molar-refractivity contribution is 6.29. The summed E-state index contributed by atoms with van der Waals surface area (Å²) in [5.41, 5.74) is 1.81. The van der Waals surface area contributed by atoms with E-state index in [0.29, 0.717) is 12.4 Å². The Labute approximate surface area is 132 Å². The van der Waals surface area contributed by atoms with Gasteiger partial charge in [-0.05, 0) is 24.5 Å². The van der Waals surface area contributed by atoms with Gasteiger partial charge in [0.05, 0.1) is 12.3 Å². The summed E-state index contributed by atoms with van der Waals surface area (Å²) >= 11 is 5.72. The van der Waals surface area contributed by atoms with Crippen molar-refractivity contribution in [2.45, 2.75) is 33.1 Å². The number of rotatable bonds is 9. The molecule has 0 aromatic heterocycles. The third kappa shape index (κ3) is 4.90. The molecule has 1 amide bonds. The number of amides is 1. The second-order valence-electron chi connectivity index (χ2n) is 4.69. The summed E-state index contributed by atoms with van der Waals surface area (Å²) in [6.45, 7) is 4.95. The number of ether oxygens (including phenoxy) is 2. The van der Waals surface area contributed by atoms with Crippen molar-refractivity contribution in [1.29, 1.82) is 0 Å². The van der Waals surface area contributed by atoms with E-state index in [0.717, 1.165) is 30.5 Å². The molecule has 21 heavy (non-hydrogen) atoms. The fourth-order valence-corrected chi connectivity index (χ4v) is 2.21.